The Balaban J connectivity index is 2.86. The molecular weight excluding hydrogens is 221 g/mol. The number of rotatable bonds is 3. The van der Waals surface area contributed by atoms with Gasteiger partial charge >= 0.3 is 0 Å². The summed E-state index contributed by atoms with van der Waals surface area (Å²) in [5.41, 5.74) is 0.591. The van der Waals surface area contributed by atoms with Gasteiger partial charge < -0.3 is 4.90 Å². The Morgan fingerprint density at radius 2 is 1.93 bits per heavy atom. The van der Waals surface area contributed by atoms with Gasteiger partial charge in [0.15, 0.2) is 5.78 Å². The molecule has 2 nitrogen and oxygen atoms in total. The third-order valence-electron chi connectivity index (χ3n) is 1.70. The van der Waals surface area contributed by atoms with Crippen LogP contribution in [0, 0.1) is 0 Å². The van der Waals surface area contributed by atoms with Gasteiger partial charge in [-0.1, -0.05) is 23.2 Å². The molecule has 76 valence electrons. The molecule has 4 heteroatoms. The molecule has 0 fully saturated rings. The van der Waals surface area contributed by atoms with E-state index in [0.29, 0.717) is 22.2 Å². The summed E-state index contributed by atoms with van der Waals surface area (Å²) in [5.74, 6) is 0.0357. The molecular formula is C10H11Cl2NO. The standard InChI is InChI=1S/C10H11Cl2NO/c1-13(2)6-10(14)7-3-4-8(11)9(12)5-7/h3-5H,6H2,1-2H3. The molecule has 0 bridgehead atoms. The topological polar surface area (TPSA) is 20.3 Å². The zero-order chi connectivity index (χ0) is 10.7. The zero-order valence-electron chi connectivity index (χ0n) is 8.05. The lowest BCUT2D eigenvalue weighted by Gasteiger charge is -2.08. The van der Waals surface area contributed by atoms with Crippen LogP contribution in [0.15, 0.2) is 18.2 Å². The number of benzene rings is 1. The largest absolute Gasteiger partial charge is 0.302 e. The summed E-state index contributed by atoms with van der Waals surface area (Å²) < 4.78 is 0. The normalized spacial score (nSPS) is 10.6. The molecule has 0 saturated carbocycles. The molecule has 14 heavy (non-hydrogen) atoms. The van der Waals surface area contributed by atoms with Crippen LogP contribution >= 0.6 is 23.2 Å². The first-order chi connectivity index (χ1) is 6.50. The fraction of sp³-hybridized carbons (Fsp3) is 0.300. The van der Waals surface area contributed by atoms with Crippen LogP contribution in [0.2, 0.25) is 10.0 Å². The molecule has 0 aliphatic heterocycles. The van der Waals surface area contributed by atoms with E-state index in [1.807, 2.05) is 19.0 Å². The van der Waals surface area contributed by atoms with Gasteiger partial charge in [-0.25, -0.2) is 0 Å². The van der Waals surface area contributed by atoms with Gasteiger partial charge in [0.05, 0.1) is 16.6 Å². The third-order valence-corrected chi connectivity index (χ3v) is 2.44. The molecule has 0 aliphatic carbocycles. The maximum Gasteiger partial charge on any atom is 0.176 e. The number of likely N-dealkylation sites (N-methyl/N-ethyl adjacent to an activating group) is 1. The van der Waals surface area contributed by atoms with Crippen molar-refractivity contribution in [2.45, 2.75) is 0 Å². The number of carbonyl (C=O) groups is 1. The van der Waals surface area contributed by atoms with Crippen molar-refractivity contribution >= 4 is 29.0 Å². The summed E-state index contributed by atoms with van der Waals surface area (Å²) in [6, 6.07) is 4.91. The highest BCUT2D eigenvalue weighted by molar-refractivity contribution is 6.42. The van der Waals surface area contributed by atoms with Crippen molar-refractivity contribution < 1.29 is 4.79 Å². The molecule has 0 atom stereocenters. The highest BCUT2D eigenvalue weighted by atomic mass is 35.5. The molecule has 0 amide bonds. The molecule has 1 aromatic carbocycles. The first-order valence-electron chi connectivity index (χ1n) is 4.13. The number of nitrogens with zero attached hydrogens (tertiary/aromatic N) is 1. The summed E-state index contributed by atoms with van der Waals surface area (Å²) in [4.78, 5) is 13.4. The van der Waals surface area contributed by atoms with Gasteiger partial charge in [0.1, 0.15) is 0 Å². The quantitative estimate of drug-likeness (QED) is 0.747. The number of carbonyl (C=O) groups excluding carboxylic acids is 1. The van der Waals surface area contributed by atoms with Gasteiger partial charge in [0, 0.05) is 5.56 Å². The van der Waals surface area contributed by atoms with E-state index in [1.54, 1.807) is 18.2 Å². The first-order valence-corrected chi connectivity index (χ1v) is 4.89. The van der Waals surface area contributed by atoms with Crippen molar-refractivity contribution in [3.05, 3.63) is 33.8 Å². The fourth-order valence-corrected chi connectivity index (χ4v) is 1.35. The average molecular weight is 232 g/mol. The predicted octanol–water partition coefficient (Wildman–Crippen LogP) is 2.74. The number of ketones is 1. The van der Waals surface area contributed by atoms with E-state index < -0.39 is 0 Å². The summed E-state index contributed by atoms with van der Waals surface area (Å²) in [7, 11) is 3.69. The van der Waals surface area contributed by atoms with E-state index in [1.165, 1.54) is 0 Å². The van der Waals surface area contributed by atoms with Gasteiger partial charge in [-0.05, 0) is 32.3 Å². The Kier molecular flexibility index (Phi) is 3.93. The summed E-state index contributed by atoms with van der Waals surface area (Å²) in [6.45, 7) is 0.373. The van der Waals surface area contributed by atoms with Gasteiger partial charge in [-0.15, -0.1) is 0 Å². The van der Waals surface area contributed by atoms with E-state index in [4.69, 9.17) is 23.2 Å². The van der Waals surface area contributed by atoms with Gasteiger partial charge in [0.2, 0.25) is 0 Å². The van der Waals surface area contributed by atoms with Crippen molar-refractivity contribution in [1.82, 2.24) is 4.90 Å². The van der Waals surface area contributed by atoms with Gasteiger partial charge in [0.25, 0.3) is 0 Å². The van der Waals surface area contributed by atoms with Crippen LogP contribution in [-0.4, -0.2) is 31.3 Å². The van der Waals surface area contributed by atoms with E-state index >= 15 is 0 Å². The Morgan fingerprint density at radius 3 is 2.43 bits per heavy atom. The van der Waals surface area contributed by atoms with Gasteiger partial charge in [-0.2, -0.15) is 0 Å². The van der Waals surface area contributed by atoms with Crippen LogP contribution in [0.5, 0.6) is 0 Å². The van der Waals surface area contributed by atoms with Crippen LogP contribution < -0.4 is 0 Å². The first kappa shape index (κ1) is 11.5. The summed E-state index contributed by atoms with van der Waals surface area (Å²) in [5, 5.41) is 0.879. The van der Waals surface area contributed by atoms with Crippen molar-refractivity contribution in [3.8, 4) is 0 Å². The minimum absolute atomic E-state index is 0.0357. The predicted molar refractivity (Wildman–Crippen MR) is 59.3 cm³/mol. The number of Topliss-reactive ketones (excluding diaryl/α,β-unsaturated/α-hetero) is 1. The van der Waals surface area contributed by atoms with Crippen LogP contribution in [-0.2, 0) is 0 Å². The smallest absolute Gasteiger partial charge is 0.176 e. The Bertz CT molecular complexity index is 350. The molecule has 0 aliphatic rings. The molecule has 1 rings (SSSR count). The zero-order valence-corrected chi connectivity index (χ0v) is 9.56. The third kappa shape index (κ3) is 2.98. The Hall–Kier alpha value is -0.570. The highest BCUT2D eigenvalue weighted by Crippen LogP contribution is 2.22. The molecule has 0 heterocycles. The lowest BCUT2D eigenvalue weighted by molar-refractivity contribution is 0.0958. The van der Waals surface area contributed by atoms with Crippen LogP contribution in [0.1, 0.15) is 10.4 Å². The van der Waals surface area contributed by atoms with Crippen molar-refractivity contribution in [1.29, 1.82) is 0 Å². The second kappa shape index (κ2) is 4.78. The Morgan fingerprint density at radius 1 is 1.29 bits per heavy atom. The van der Waals surface area contributed by atoms with E-state index in [9.17, 15) is 4.79 Å². The van der Waals surface area contributed by atoms with Crippen LogP contribution in [0.4, 0.5) is 0 Å². The summed E-state index contributed by atoms with van der Waals surface area (Å²) in [6.07, 6.45) is 0. The molecule has 0 radical (unpaired) electrons. The minimum Gasteiger partial charge on any atom is -0.302 e. The van der Waals surface area contributed by atoms with E-state index in [2.05, 4.69) is 0 Å². The second-order valence-electron chi connectivity index (χ2n) is 3.29. The lowest BCUT2D eigenvalue weighted by atomic mass is 10.1. The minimum atomic E-state index is 0.0357. The maximum absolute atomic E-state index is 11.6. The molecule has 0 unspecified atom stereocenters. The number of halogens is 2. The van der Waals surface area contributed by atoms with Gasteiger partial charge in [-0.3, -0.25) is 4.79 Å². The van der Waals surface area contributed by atoms with Crippen molar-refractivity contribution in [3.63, 3.8) is 0 Å². The highest BCUT2D eigenvalue weighted by Gasteiger charge is 2.08. The summed E-state index contributed by atoms with van der Waals surface area (Å²) >= 11 is 11.5. The van der Waals surface area contributed by atoms with Crippen LogP contribution in [0.25, 0.3) is 0 Å². The Labute approximate surface area is 93.4 Å². The van der Waals surface area contributed by atoms with Crippen LogP contribution in [0.3, 0.4) is 0 Å². The van der Waals surface area contributed by atoms with Crippen molar-refractivity contribution in [2.24, 2.45) is 0 Å². The second-order valence-corrected chi connectivity index (χ2v) is 4.10. The number of hydrogen-bond donors (Lipinski definition) is 0. The molecule has 0 saturated heterocycles. The molecule has 1 aromatic rings. The average Bonchev–Trinajstić information content (AvgIpc) is 2.08. The maximum atomic E-state index is 11.6. The lowest BCUT2D eigenvalue weighted by Crippen LogP contribution is -2.21. The fourth-order valence-electron chi connectivity index (χ4n) is 1.05. The number of hydrogen-bond acceptors (Lipinski definition) is 2. The molecule has 0 aromatic heterocycles. The monoisotopic (exact) mass is 231 g/mol. The van der Waals surface area contributed by atoms with E-state index in [-0.39, 0.29) is 5.78 Å². The molecule has 0 spiro atoms. The molecule has 0 N–H and O–H groups in total. The van der Waals surface area contributed by atoms with Crippen molar-refractivity contribution in [2.75, 3.05) is 20.6 Å². The van der Waals surface area contributed by atoms with E-state index in [0.717, 1.165) is 0 Å². The SMILES string of the molecule is CN(C)CC(=O)c1ccc(Cl)c(Cl)c1.